The van der Waals surface area contributed by atoms with Crippen molar-refractivity contribution in [1.29, 1.82) is 0 Å². The average molecular weight is 224 g/mol. The molecule has 1 atom stereocenters. The maximum Gasteiger partial charge on any atom is 0.325 e. The Hall–Kier alpha value is -1.41. The first-order valence-electron chi connectivity index (χ1n) is 3.28. The number of aliphatic carboxylic acids is 1. The highest BCUT2D eigenvalue weighted by atomic mass is 32.2. The highest BCUT2D eigenvalue weighted by Gasteiger charge is 2.33. The maximum absolute atomic E-state index is 10.7. The van der Waals surface area contributed by atoms with Crippen molar-refractivity contribution in [2.45, 2.75) is 11.7 Å². The van der Waals surface area contributed by atoms with Gasteiger partial charge in [0.15, 0.2) is 5.25 Å². The molecule has 0 saturated carbocycles. The summed E-state index contributed by atoms with van der Waals surface area (Å²) in [4.78, 5) is 21.0. The summed E-state index contributed by atoms with van der Waals surface area (Å²) in [5.74, 6) is -2.93. The van der Waals surface area contributed by atoms with Crippen LogP contribution >= 0.6 is 0 Å². The zero-order valence-electron chi connectivity index (χ0n) is 6.91. The molecule has 0 aliphatic rings. The molecular formula is C6H8O7S. The van der Waals surface area contributed by atoms with Crippen LogP contribution in [0.5, 0.6) is 0 Å². The second-order valence-electron chi connectivity index (χ2n) is 2.20. The zero-order valence-corrected chi connectivity index (χ0v) is 7.73. The molecule has 0 aliphatic carbocycles. The smallest absolute Gasteiger partial charge is 0.325 e. The van der Waals surface area contributed by atoms with E-state index in [4.69, 9.17) is 9.66 Å². The van der Waals surface area contributed by atoms with Crippen LogP contribution in [-0.4, -0.2) is 35.3 Å². The number of carbonyl (C=O) groups excluding carboxylic acids is 1. The van der Waals surface area contributed by atoms with E-state index in [9.17, 15) is 18.0 Å². The van der Waals surface area contributed by atoms with E-state index < -0.39 is 33.7 Å². The molecule has 2 N–H and O–H groups in total. The summed E-state index contributed by atoms with van der Waals surface area (Å²) in [5.41, 5.74) is 0. The number of rotatable bonds is 5. The van der Waals surface area contributed by atoms with Crippen molar-refractivity contribution < 1.29 is 32.4 Å². The Morgan fingerprint density at radius 1 is 1.50 bits per heavy atom. The minimum Gasteiger partial charge on any atom is -0.480 e. The molecule has 80 valence electrons. The van der Waals surface area contributed by atoms with E-state index in [0.717, 1.165) is 6.26 Å². The Morgan fingerprint density at radius 2 is 2.00 bits per heavy atom. The predicted molar refractivity (Wildman–Crippen MR) is 43.9 cm³/mol. The molecule has 0 saturated heterocycles. The van der Waals surface area contributed by atoms with Crippen molar-refractivity contribution in [2.24, 2.45) is 0 Å². The van der Waals surface area contributed by atoms with Crippen molar-refractivity contribution in [1.82, 2.24) is 0 Å². The molecule has 0 fully saturated rings. The quantitative estimate of drug-likeness (QED) is 0.363. The van der Waals surface area contributed by atoms with Crippen molar-refractivity contribution in [3.8, 4) is 0 Å². The number of carboxylic acid groups (broad SMARTS) is 1. The third-order valence-corrected chi connectivity index (χ3v) is 2.29. The zero-order chi connectivity index (χ0) is 11.4. The Morgan fingerprint density at radius 3 is 2.29 bits per heavy atom. The van der Waals surface area contributed by atoms with E-state index >= 15 is 0 Å². The monoisotopic (exact) mass is 224 g/mol. The lowest BCUT2D eigenvalue weighted by molar-refractivity contribution is -0.143. The molecule has 0 aromatic rings. The molecule has 0 aromatic carbocycles. The molecule has 14 heavy (non-hydrogen) atoms. The van der Waals surface area contributed by atoms with E-state index in [2.05, 4.69) is 11.3 Å². The van der Waals surface area contributed by atoms with Crippen LogP contribution in [-0.2, 0) is 24.4 Å². The Balaban J connectivity index is 4.64. The third kappa shape index (κ3) is 4.01. The van der Waals surface area contributed by atoms with Gasteiger partial charge >= 0.3 is 11.9 Å². The highest BCUT2D eigenvalue weighted by molar-refractivity contribution is 7.87. The summed E-state index contributed by atoms with van der Waals surface area (Å²) in [7, 11) is -4.81. The topological polar surface area (TPSA) is 118 Å². The molecule has 0 amide bonds. The summed E-state index contributed by atoms with van der Waals surface area (Å²) >= 11 is 0. The minimum absolute atomic E-state index is 0.727. The van der Waals surface area contributed by atoms with Crippen LogP contribution in [0.1, 0.15) is 6.42 Å². The molecule has 8 heteroatoms. The normalized spacial score (nSPS) is 12.9. The van der Waals surface area contributed by atoms with Crippen LogP contribution in [0.4, 0.5) is 0 Å². The number of esters is 1. The average Bonchev–Trinajstić information content (AvgIpc) is 1.98. The van der Waals surface area contributed by atoms with Gasteiger partial charge in [0.1, 0.15) is 0 Å². The lowest BCUT2D eigenvalue weighted by Crippen LogP contribution is -2.32. The van der Waals surface area contributed by atoms with Crippen LogP contribution in [0, 0.1) is 0 Å². The van der Waals surface area contributed by atoms with E-state index in [-0.39, 0.29) is 0 Å². The lowest BCUT2D eigenvalue weighted by atomic mass is 10.3. The summed E-state index contributed by atoms with van der Waals surface area (Å²) < 4.78 is 33.4. The van der Waals surface area contributed by atoms with Gasteiger partial charge in [0.25, 0.3) is 10.1 Å². The largest absolute Gasteiger partial charge is 0.480 e. The van der Waals surface area contributed by atoms with Crippen LogP contribution in [0.15, 0.2) is 12.8 Å². The number of ether oxygens (including phenoxy) is 1. The molecule has 1 unspecified atom stereocenters. The number of hydrogen-bond acceptors (Lipinski definition) is 5. The van der Waals surface area contributed by atoms with Crippen molar-refractivity contribution in [2.75, 3.05) is 0 Å². The maximum atomic E-state index is 10.7. The van der Waals surface area contributed by atoms with E-state index in [1.54, 1.807) is 0 Å². The Kier molecular flexibility index (Phi) is 4.25. The highest BCUT2D eigenvalue weighted by Crippen LogP contribution is 2.06. The van der Waals surface area contributed by atoms with Crippen LogP contribution in [0.25, 0.3) is 0 Å². The van der Waals surface area contributed by atoms with Crippen LogP contribution in [0.2, 0.25) is 0 Å². The number of carboxylic acids is 1. The Bertz CT molecular complexity index is 341. The Labute approximate surface area is 79.7 Å². The lowest BCUT2D eigenvalue weighted by Gasteiger charge is -2.06. The first kappa shape index (κ1) is 12.6. The number of carbonyl (C=O) groups is 2. The first-order chi connectivity index (χ1) is 6.29. The fourth-order valence-electron chi connectivity index (χ4n) is 0.612. The summed E-state index contributed by atoms with van der Waals surface area (Å²) in [5, 5.41) is 6.14. The molecule has 0 heterocycles. The summed E-state index contributed by atoms with van der Waals surface area (Å²) in [6.07, 6.45) is -0.245. The van der Waals surface area contributed by atoms with Gasteiger partial charge in [-0.1, -0.05) is 6.58 Å². The van der Waals surface area contributed by atoms with Gasteiger partial charge in [0.2, 0.25) is 0 Å². The SMILES string of the molecule is C=COC(=O)CC(C(=O)O)S(=O)(=O)O. The summed E-state index contributed by atoms with van der Waals surface area (Å²) in [6, 6.07) is 0. The molecule has 0 radical (unpaired) electrons. The number of hydrogen-bond donors (Lipinski definition) is 2. The second-order valence-corrected chi connectivity index (χ2v) is 3.80. The van der Waals surface area contributed by atoms with E-state index in [0.29, 0.717) is 0 Å². The minimum atomic E-state index is -4.81. The molecule has 0 aliphatic heterocycles. The molecule has 0 rings (SSSR count). The molecule has 7 nitrogen and oxygen atoms in total. The van der Waals surface area contributed by atoms with Gasteiger partial charge in [-0.25, -0.2) is 0 Å². The van der Waals surface area contributed by atoms with Gasteiger partial charge in [-0.2, -0.15) is 8.42 Å². The van der Waals surface area contributed by atoms with Crippen molar-refractivity contribution in [3.05, 3.63) is 12.8 Å². The van der Waals surface area contributed by atoms with Gasteiger partial charge in [-0.3, -0.25) is 14.1 Å². The van der Waals surface area contributed by atoms with Crippen LogP contribution in [0.3, 0.4) is 0 Å². The molecule has 0 bridgehead atoms. The van der Waals surface area contributed by atoms with Crippen molar-refractivity contribution >= 4 is 22.1 Å². The molecule has 0 aromatic heterocycles. The van der Waals surface area contributed by atoms with Crippen LogP contribution < -0.4 is 0 Å². The van der Waals surface area contributed by atoms with E-state index in [1.165, 1.54) is 0 Å². The second kappa shape index (κ2) is 4.72. The summed E-state index contributed by atoms with van der Waals surface area (Å²) in [6.45, 7) is 3.01. The van der Waals surface area contributed by atoms with Crippen molar-refractivity contribution in [3.63, 3.8) is 0 Å². The van der Waals surface area contributed by atoms with Gasteiger partial charge in [-0.15, -0.1) is 0 Å². The predicted octanol–water partition coefficient (Wildman–Crippen LogP) is -0.596. The van der Waals surface area contributed by atoms with Gasteiger partial charge in [0.05, 0.1) is 12.7 Å². The van der Waals surface area contributed by atoms with Gasteiger partial charge in [0, 0.05) is 0 Å². The van der Waals surface area contributed by atoms with E-state index in [1.807, 2.05) is 0 Å². The first-order valence-corrected chi connectivity index (χ1v) is 4.79. The van der Waals surface area contributed by atoms with Gasteiger partial charge in [-0.05, 0) is 0 Å². The standard InChI is InChI=1S/C6H8O7S/c1-2-13-5(7)3-4(6(8)9)14(10,11)12/h2,4H,1,3H2,(H,8,9)(H,10,11,12). The molecular weight excluding hydrogens is 216 g/mol. The fourth-order valence-corrected chi connectivity index (χ4v) is 1.21. The van der Waals surface area contributed by atoms with Gasteiger partial charge < -0.3 is 9.84 Å². The molecule has 0 spiro atoms. The third-order valence-electron chi connectivity index (χ3n) is 1.20. The fraction of sp³-hybridized carbons (Fsp3) is 0.333.